The van der Waals surface area contributed by atoms with Crippen molar-refractivity contribution in [1.29, 1.82) is 0 Å². The second-order valence-electron chi connectivity index (χ2n) is 12.9. The molecule has 0 amide bonds. The van der Waals surface area contributed by atoms with Gasteiger partial charge in [-0.05, 0) is 46.9 Å². The number of nitrogens with zero attached hydrogens (tertiary/aromatic N) is 2. The molecule has 0 spiro atoms. The van der Waals surface area contributed by atoms with Crippen molar-refractivity contribution in [3.05, 3.63) is 93.4 Å². The van der Waals surface area contributed by atoms with Crippen LogP contribution in [-0.2, 0) is 16.1 Å². The van der Waals surface area contributed by atoms with Crippen molar-refractivity contribution in [3.63, 3.8) is 0 Å². The molecule has 0 unspecified atom stereocenters. The van der Waals surface area contributed by atoms with E-state index >= 15 is 0 Å². The number of carbonyl (C=O) groups excluding carboxylic acids is 2. The fourth-order valence-electron chi connectivity index (χ4n) is 6.92. The first kappa shape index (κ1) is 25.2. The number of hydrogen-bond acceptors (Lipinski definition) is 3. The molecule has 2 heterocycles. The molecule has 0 saturated heterocycles. The third kappa shape index (κ3) is 4.05. The summed E-state index contributed by atoms with van der Waals surface area (Å²) in [4.78, 5) is 30.0. The maximum atomic E-state index is 13.9. The third-order valence-corrected chi connectivity index (χ3v) is 8.98. The lowest BCUT2D eigenvalue weighted by Gasteiger charge is -2.47. The highest BCUT2D eigenvalue weighted by Crippen LogP contribution is 2.54. The Kier molecular flexibility index (Phi) is 5.77. The van der Waals surface area contributed by atoms with E-state index in [1.54, 1.807) is 0 Å². The maximum Gasteiger partial charge on any atom is 0.162 e. The van der Waals surface area contributed by atoms with Gasteiger partial charge in [0.15, 0.2) is 11.6 Å². The molecule has 0 radical (unpaired) electrons. The van der Waals surface area contributed by atoms with E-state index in [9.17, 15) is 9.59 Å². The molecule has 1 aromatic heterocycles. The van der Waals surface area contributed by atoms with Crippen molar-refractivity contribution in [2.75, 3.05) is 7.05 Å². The zero-order chi connectivity index (χ0) is 27.0. The van der Waals surface area contributed by atoms with Gasteiger partial charge in [-0.2, -0.15) is 0 Å². The highest BCUT2D eigenvalue weighted by atomic mass is 35.5. The van der Waals surface area contributed by atoms with Gasteiger partial charge >= 0.3 is 0 Å². The Balaban J connectivity index is 1.60. The molecule has 5 heteroatoms. The highest BCUT2D eigenvalue weighted by molar-refractivity contribution is 6.31. The first-order valence-corrected chi connectivity index (χ1v) is 13.9. The number of halogens is 1. The maximum absolute atomic E-state index is 13.9. The largest absolute Gasteiger partial charge is 0.351 e. The number of aromatic nitrogens is 1. The van der Waals surface area contributed by atoms with Crippen LogP contribution in [0.25, 0.3) is 10.9 Å². The normalized spacial score (nSPS) is 21.3. The molecule has 0 atom stereocenters. The highest BCUT2D eigenvalue weighted by Gasteiger charge is 2.48. The summed E-state index contributed by atoms with van der Waals surface area (Å²) in [6.45, 7) is 9.31. The van der Waals surface area contributed by atoms with E-state index in [1.807, 2.05) is 36.4 Å². The fraction of sp³-hybridized carbons (Fsp3) is 0.394. The minimum Gasteiger partial charge on any atom is -0.351 e. The summed E-state index contributed by atoms with van der Waals surface area (Å²) < 4.78 is 2.22. The molecular formula is C33H35ClN2O2. The average Bonchev–Trinajstić information content (AvgIpc) is 3.19. The molecule has 0 N–H and O–H groups in total. The molecule has 1 aliphatic heterocycles. The number of para-hydroxylation sites is 1. The van der Waals surface area contributed by atoms with Crippen LogP contribution in [0, 0.1) is 10.8 Å². The first-order chi connectivity index (χ1) is 18.0. The quantitative estimate of drug-likeness (QED) is 0.352. The van der Waals surface area contributed by atoms with Crippen molar-refractivity contribution in [2.45, 2.75) is 65.8 Å². The standard InChI is InChI=1S/C33H35ClN2O2/c1-32(2)14-25-30(27(37)16-32)29(31-26(35(25)5)15-33(3,4)17-28(31)38)22-19-36(24-13-9-7-11-21(22)24)18-20-10-6-8-12-23(20)34/h6-13,19,29H,14-18H2,1-5H3. The number of hydrogen-bond donors (Lipinski definition) is 0. The summed E-state index contributed by atoms with van der Waals surface area (Å²) in [7, 11) is 2.06. The molecule has 2 aliphatic carbocycles. The van der Waals surface area contributed by atoms with Crippen molar-refractivity contribution >= 4 is 34.1 Å². The topological polar surface area (TPSA) is 42.3 Å². The van der Waals surface area contributed by atoms with Gasteiger partial charge in [-0.1, -0.05) is 75.7 Å². The lowest BCUT2D eigenvalue weighted by atomic mass is 9.64. The second kappa shape index (κ2) is 8.71. The molecule has 4 nitrogen and oxygen atoms in total. The average molecular weight is 527 g/mol. The van der Waals surface area contributed by atoms with Gasteiger partial charge in [-0.15, -0.1) is 0 Å². The minimum absolute atomic E-state index is 0.112. The van der Waals surface area contributed by atoms with E-state index in [1.165, 1.54) is 0 Å². The zero-order valence-corrected chi connectivity index (χ0v) is 23.7. The number of carbonyl (C=O) groups is 2. The van der Waals surface area contributed by atoms with Gasteiger partial charge in [0.05, 0.1) is 0 Å². The van der Waals surface area contributed by atoms with Crippen molar-refractivity contribution in [2.24, 2.45) is 10.8 Å². The van der Waals surface area contributed by atoms with E-state index in [0.29, 0.717) is 19.4 Å². The number of rotatable bonds is 3. The Morgan fingerprint density at radius 2 is 1.37 bits per heavy atom. The minimum atomic E-state index is -0.346. The number of benzene rings is 2. The first-order valence-electron chi connectivity index (χ1n) is 13.5. The van der Waals surface area contributed by atoms with Gasteiger partial charge in [0.1, 0.15) is 0 Å². The lowest BCUT2D eigenvalue weighted by Crippen LogP contribution is -2.43. The van der Waals surface area contributed by atoms with Crippen molar-refractivity contribution in [3.8, 4) is 0 Å². The number of allylic oxidation sites excluding steroid dienone is 4. The smallest absolute Gasteiger partial charge is 0.162 e. The summed E-state index contributed by atoms with van der Waals surface area (Å²) in [6, 6.07) is 16.2. The Hall–Kier alpha value is -3.11. The third-order valence-electron chi connectivity index (χ3n) is 8.61. The van der Waals surface area contributed by atoms with Crippen LogP contribution in [0.3, 0.4) is 0 Å². The van der Waals surface area contributed by atoms with Crippen LogP contribution < -0.4 is 0 Å². The van der Waals surface area contributed by atoms with Crippen LogP contribution in [-0.4, -0.2) is 28.1 Å². The van der Waals surface area contributed by atoms with Gasteiger partial charge in [0.2, 0.25) is 0 Å². The predicted molar refractivity (Wildman–Crippen MR) is 153 cm³/mol. The Bertz CT molecular complexity index is 1510. The molecule has 38 heavy (non-hydrogen) atoms. The van der Waals surface area contributed by atoms with Crippen LogP contribution in [0.15, 0.2) is 77.3 Å². The van der Waals surface area contributed by atoms with E-state index in [0.717, 1.165) is 62.4 Å². The SMILES string of the molecule is CN1C2=C(C(=O)CC(C)(C)C2)C(c2cn(Cc3ccccc3Cl)c3ccccc23)C2=C1CC(C)(C)CC2=O. The monoisotopic (exact) mass is 526 g/mol. The summed E-state index contributed by atoms with van der Waals surface area (Å²) >= 11 is 6.55. The van der Waals surface area contributed by atoms with Crippen LogP contribution in [0.1, 0.15) is 70.4 Å². The van der Waals surface area contributed by atoms with E-state index in [4.69, 9.17) is 11.6 Å². The van der Waals surface area contributed by atoms with E-state index < -0.39 is 0 Å². The molecule has 0 saturated carbocycles. The number of ketones is 2. The number of Topliss-reactive ketones (excluding diaryl/α,β-unsaturated/α-hetero) is 2. The number of fused-ring (bicyclic) bond motifs is 1. The molecule has 6 rings (SSSR count). The molecular weight excluding hydrogens is 492 g/mol. The van der Waals surface area contributed by atoms with Gasteiger partial charge < -0.3 is 9.47 Å². The summed E-state index contributed by atoms with van der Waals surface area (Å²) in [6.07, 6.45) is 4.81. The fourth-order valence-corrected chi connectivity index (χ4v) is 7.12. The van der Waals surface area contributed by atoms with Crippen molar-refractivity contribution in [1.82, 2.24) is 9.47 Å². The molecule has 0 fully saturated rings. The summed E-state index contributed by atoms with van der Waals surface area (Å²) in [5.74, 6) is -0.0127. The Labute approximate surface area is 230 Å². The summed E-state index contributed by atoms with van der Waals surface area (Å²) in [5.41, 5.74) is 6.75. The van der Waals surface area contributed by atoms with Gasteiger partial charge in [-0.3, -0.25) is 9.59 Å². The van der Waals surface area contributed by atoms with Crippen LogP contribution in [0.4, 0.5) is 0 Å². The van der Waals surface area contributed by atoms with Crippen LogP contribution in [0.2, 0.25) is 5.02 Å². The molecule has 3 aliphatic rings. The van der Waals surface area contributed by atoms with Crippen LogP contribution in [0.5, 0.6) is 0 Å². The molecule has 0 bridgehead atoms. The van der Waals surface area contributed by atoms with E-state index in [2.05, 4.69) is 62.5 Å². The molecule has 196 valence electrons. The van der Waals surface area contributed by atoms with E-state index in [-0.39, 0.29) is 28.3 Å². The predicted octanol–water partition coefficient (Wildman–Crippen LogP) is 7.66. The second-order valence-corrected chi connectivity index (χ2v) is 13.3. The Morgan fingerprint density at radius 3 is 1.97 bits per heavy atom. The molecule has 2 aromatic carbocycles. The van der Waals surface area contributed by atoms with Gasteiger partial charge in [0, 0.05) is 77.0 Å². The van der Waals surface area contributed by atoms with Gasteiger partial charge in [-0.25, -0.2) is 0 Å². The van der Waals surface area contributed by atoms with Crippen LogP contribution >= 0.6 is 11.6 Å². The summed E-state index contributed by atoms with van der Waals surface area (Å²) in [5, 5.41) is 1.82. The molecule has 3 aromatic rings. The zero-order valence-electron chi connectivity index (χ0n) is 22.9. The Morgan fingerprint density at radius 1 is 0.816 bits per heavy atom. The lowest BCUT2D eigenvalue weighted by molar-refractivity contribution is -0.119. The van der Waals surface area contributed by atoms with Crippen molar-refractivity contribution < 1.29 is 9.59 Å². The van der Waals surface area contributed by atoms with Gasteiger partial charge in [0.25, 0.3) is 0 Å².